The Morgan fingerprint density at radius 3 is 2.38 bits per heavy atom. The Balaban J connectivity index is 3.92. The predicted molar refractivity (Wildman–Crippen MR) is 43.4 cm³/mol. The van der Waals surface area contributed by atoms with E-state index in [1.165, 1.54) is 0 Å². The van der Waals surface area contributed by atoms with Crippen LogP contribution < -0.4 is 5.73 Å². The van der Waals surface area contributed by atoms with E-state index in [-0.39, 0.29) is 32.2 Å². The lowest BCUT2D eigenvalue weighted by Gasteiger charge is -2.05. The first kappa shape index (κ1) is 11.7. The van der Waals surface area contributed by atoms with E-state index in [2.05, 4.69) is 4.74 Å². The predicted octanol–water partition coefficient (Wildman–Crippen LogP) is -1.67. The SMILES string of the molecule is NC(=O)C(=COCCO)OCCO. The maximum Gasteiger partial charge on any atom is 0.287 e. The van der Waals surface area contributed by atoms with Crippen LogP contribution in [0.2, 0.25) is 0 Å². The maximum atomic E-state index is 10.6. The molecule has 13 heavy (non-hydrogen) atoms. The first-order valence-electron chi connectivity index (χ1n) is 3.68. The Hall–Kier alpha value is -1.27. The van der Waals surface area contributed by atoms with E-state index < -0.39 is 5.91 Å². The summed E-state index contributed by atoms with van der Waals surface area (Å²) in [7, 11) is 0. The van der Waals surface area contributed by atoms with Gasteiger partial charge in [-0.15, -0.1) is 0 Å². The van der Waals surface area contributed by atoms with Gasteiger partial charge in [-0.2, -0.15) is 0 Å². The van der Waals surface area contributed by atoms with Crippen LogP contribution in [0.4, 0.5) is 0 Å². The highest BCUT2D eigenvalue weighted by Crippen LogP contribution is 1.96. The number of hydrogen-bond acceptors (Lipinski definition) is 5. The van der Waals surface area contributed by atoms with Gasteiger partial charge in [0.2, 0.25) is 5.76 Å². The van der Waals surface area contributed by atoms with Crippen LogP contribution in [-0.2, 0) is 14.3 Å². The first-order chi connectivity index (χ1) is 6.22. The first-order valence-corrected chi connectivity index (χ1v) is 3.68. The molecule has 6 nitrogen and oxygen atoms in total. The number of primary amides is 1. The van der Waals surface area contributed by atoms with Gasteiger partial charge in [0.1, 0.15) is 19.5 Å². The molecule has 0 heterocycles. The van der Waals surface area contributed by atoms with Crippen LogP contribution >= 0.6 is 0 Å². The average Bonchev–Trinajstić information content (AvgIpc) is 2.10. The molecule has 4 N–H and O–H groups in total. The molecule has 0 bridgehead atoms. The summed E-state index contributed by atoms with van der Waals surface area (Å²) in [6.45, 7) is -0.357. The van der Waals surface area contributed by atoms with E-state index in [1.54, 1.807) is 0 Å². The minimum atomic E-state index is -0.786. The number of aliphatic hydroxyl groups excluding tert-OH is 2. The third-order valence-electron chi connectivity index (χ3n) is 0.991. The summed E-state index contributed by atoms with van der Waals surface area (Å²) in [5, 5.41) is 16.7. The minimum absolute atomic E-state index is 0.0305. The van der Waals surface area contributed by atoms with Crippen LogP contribution in [0.5, 0.6) is 0 Å². The Morgan fingerprint density at radius 2 is 1.92 bits per heavy atom. The van der Waals surface area contributed by atoms with Crippen LogP contribution in [0.3, 0.4) is 0 Å². The maximum absolute atomic E-state index is 10.6. The molecule has 0 aliphatic carbocycles. The molecule has 0 spiro atoms. The van der Waals surface area contributed by atoms with Crippen LogP contribution in [0.25, 0.3) is 0 Å². The summed E-state index contributed by atoms with van der Waals surface area (Å²) >= 11 is 0. The molecule has 0 saturated carbocycles. The van der Waals surface area contributed by atoms with E-state index in [0.29, 0.717) is 0 Å². The van der Waals surface area contributed by atoms with Crippen LogP contribution in [-0.4, -0.2) is 42.5 Å². The highest BCUT2D eigenvalue weighted by Gasteiger charge is 2.05. The Morgan fingerprint density at radius 1 is 1.31 bits per heavy atom. The largest absolute Gasteiger partial charge is 0.495 e. The van der Waals surface area contributed by atoms with Crippen molar-refractivity contribution >= 4 is 5.91 Å². The van der Waals surface area contributed by atoms with Gasteiger partial charge in [0.15, 0.2) is 0 Å². The molecule has 0 aromatic carbocycles. The van der Waals surface area contributed by atoms with Gasteiger partial charge in [0.05, 0.1) is 13.2 Å². The highest BCUT2D eigenvalue weighted by molar-refractivity contribution is 5.89. The summed E-state index contributed by atoms with van der Waals surface area (Å²) in [5.41, 5.74) is 4.90. The molecule has 0 fully saturated rings. The average molecular weight is 191 g/mol. The Labute approximate surface area is 75.6 Å². The second-order valence-corrected chi connectivity index (χ2v) is 2.01. The second-order valence-electron chi connectivity index (χ2n) is 2.01. The summed E-state index contributed by atoms with van der Waals surface area (Å²) < 4.78 is 9.41. The van der Waals surface area contributed by atoms with Crippen molar-refractivity contribution in [2.45, 2.75) is 0 Å². The van der Waals surface area contributed by atoms with Gasteiger partial charge in [0.25, 0.3) is 5.91 Å². The number of rotatable bonds is 7. The minimum Gasteiger partial charge on any atom is -0.495 e. The molecule has 0 aliphatic rings. The molecule has 76 valence electrons. The van der Waals surface area contributed by atoms with E-state index in [9.17, 15) is 4.79 Å². The molecule has 0 saturated heterocycles. The highest BCUT2D eigenvalue weighted by atomic mass is 16.5. The lowest BCUT2D eigenvalue weighted by atomic mass is 10.5. The molecule has 0 aromatic rings. The van der Waals surface area contributed by atoms with E-state index >= 15 is 0 Å². The number of carbonyl (C=O) groups is 1. The van der Waals surface area contributed by atoms with Crippen molar-refractivity contribution in [1.29, 1.82) is 0 Å². The summed E-state index contributed by atoms with van der Waals surface area (Å²) in [6.07, 6.45) is 1.01. The van der Waals surface area contributed by atoms with Crippen molar-refractivity contribution in [2.75, 3.05) is 26.4 Å². The van der Waals surface area contributed by atoms with Crippen molar-refractivity contribution in [2.24, 2.45) is 5.73 Å². The fourth-order valence-electron chi connectivity index (χ4n) is 0.506. The Kier molecular flexibility index (Phi) is 6.66. The molecule has 6 heteroatoms. The van der Waals surface area contributed by atoms with Gasteiger partial charge >= 0.3 is 0 Å². The van der Waals surface area contributed by atoms with Crippen molar-refractivity contribution in [3.8, 4) is 0 Å². The summed E-state index contributed by atoms with van der Waals surface area (Å²) in [5.74, 6) is -0.964. The fourth-order valence-corrected chi connectivity index (χ4v) is 0.506. The number of aliphatic hydroxyl groups is 2. The topological polar surface area (TPSA) is 102 Å². The number of hydrogen-bond donors (Lipinski definition) is 3. The lowest BCUT2D eigenvalue weighted by molar-refractivity contribution is -0.118. The third-order valence-corrected chi connectivity index (χ3v) is 0.991. The van der Waals surface area contributed by atoms with Crippen LogP contribution in [0, 0.1) is 0 Å². The monoisotopic (exact) mass is 191 g/mol. The van der Waals surface area contributed by atoms with Gasteiger partial charge in [-0.05, 0) is 0 Å². The van der Waals surface area contributed by atoms with Gasteiger partial charge in [-0.25, -0.2) is 0 Å². The summed E-state index contributed by atoms with van der Waals surface area (Å²) in [6, 6.07) is 0. The zero-order valence-electron chi connectivity index (χ0n) is 7.10. The molecular weight excluding hydrogens is 178 g/mol. The molecule has 0 aromatic heterocycles. The van der Waals surface area contributed by atoms with Crippen molar-refractivity contribution < 1.29 is 24.5 Å². The molecule has 0 rings (SSSR count). The van der Waals surface area contributed by atoms with Crippen molar-refractivity contribution in [1.82, 2.24) is 0 Å². The van der Waals surface area contributed by atoms with Crippen molar-refractivity contribution in [3.63, 3.8) is 0 Å². The van der Waals surface area contributed by atoms with Crippen LogP contribution in [0.15, 0.2) is 12.0 Å². The molecule has 0 unspecified atom stereocenters. The zero-order chi connectivity index (χ0) is 10.1. The molecule has 0 aliphatic heterocycles. The van der Waals surface area contributed by atoms with E-state index in [4.69, 9.17) is 20.7 Å². The van der Waals surface area contributed by atoms with Gasteiger partial charge in [-0.3, -0.25) is 4.79 Å². The summed E-state index contributed by atoms with van der Waals surface area (Å²) in [4.78, 5) is 10.6. The van der Waals surface area contributed by atoms with Gasteiger partial charge in [-0.1, -0.05) is 0 Å². The number of nitrogens with two attached hydrogens (primary N) is 1. The molecule has 0 radical (unpaired) electrons. The zero-order valence-corrected chi connectivity index (χ0v) is 7.10. The van der Waals surface area contributed by atoms with Crippen molar-refractivity contribution in [3.05, 3.63) is 12.0 Å². The molecule has 0 atom stereocenters. The standard InChI is InChI=1S/C7H13NO5/c8-7(11)6(13-4-2-10)5-12-3-1-9/h5,9-10H,1-4H2,(H2,8,11). The van der Waals surface area contributed by atoms with E-state index in [0.717, 1.165) is 6.26 Å². The second kappa shape index (κ2) is 7.38. The Bertz CT molecular complexity index is 180. The quantitative estimate of drug-likeness (QED) is 0.254. The fraction of sp³-hybridized carbons (Fsp3) is 0.571. The van der Waals surface area contributed by atoms with Gasteiger partial charge in [0, 0.05) is 0 Å². The number of amides is 1. The molecule has 1 amide bonds. The van der Waals surface area contributed by atoms with Gasteiger partial charge < -0.3 is 25.4 Å². The lowest BCUT2D eigenvalue weighted by Crippen LogP contribution is -2.18. The number of ether oxygens (including phenoxy) is 2. The van der Waals surface area contributed by atoms with Crippen LogP contribution in [0.1, 0.15) is 0 Å². The smallest absolute Gasteiger partial charge is 0.287 e. The normalized spacial score (nSPS) is 11.1. The molecular formula is C7H13NO5. The third kappa shape index (κ3) is 5.94. The van der Waals surface area contributed by atoms with E-state index in [1.807, 2.05) is 0 Å². The number of carbonyl (C=O) groups excluding carboxylic acids is 1.